The molecule has 0 unspecified atom stereocenters. The van der Waals surface area contributed by atoms with Gasteiger partial charge in [0.25, 0.3) is 0 Å². The van der Waals surface area contributed by atoms with Gasteiger partial charge >= 0.3 is 0 Å². The molecule has 2 heterocycles. The van der Waals surface area contributed by atoms with E-state index in [2.05, 4.69) is 15.2 Å². The molecule has 0 radical (unpaired) electrons. The monoisotopic (exact) mass is 298 g/mol. The molecule has 1 aromatic carbocycles. The summed E-state index contributed by atoms with van der Waals surface area (Å²) in [5, 5.41) is 21.3. The van der Waals surface area contributed by atoms with E-state index in [1.807, 2.05) is 49.4 Å². The van der Waals surface area contributed by atoms with E-state index in [1.54, 1.807) is 6.20 Å². The Labute approximate surface area is 126 Å². The van der Waals surface area contributed by atoms with Crippen LogP contribution in [0, 0.1) is 6.92 Å². The molecule has 3 aromatic rings. The molecule has 0 amide bonds. The minimum atomic E-state index is 0.364. The molecule has 0 saturated carbocycles. The predicted molar refractivity (Wildman–Crippen MR) is 82.3 cm³/mol. The summed E-state index contributed by atoms with van der Waals surface area (Å²) in [6, 6.07) is 13.5. The Hall–Kier alpha value is -2.31. The zero-order chi connectivity index (χ0) is 14.7. The normalized spacial score (nSPS) is 10.6. The molecule has 0 aliphatic rings. The maximum absolute atomic E-state index is 10.4. The third-order valence-electron chi connectivity index (χ3n) is 2.96. The molecule has 0 atom stereocenters. The first kappa shape index (κ1) is 13.7. The average Bonchev–Trinajstić information content (AvgIpc) is 2.95. The Morgan fingerprint density at radius 2 is 1.90 bits per heavy atom. The maximum atomic E-state index is 10.4. The highest BCUT2D eigenvalue weighted by atomic mass is 32.1. The number of benzene rings is 1. The molecule has 0 bridgehead atoms. The summed E-state index contributed by atoms with van der Waals surface area (Å²) in [5.41, 5.74) is 1.78. The fraction of sp³-hybridized carbons (Fsp3) is 0.133. The molecule has 1 N–H and O–H groups in total. The predicted octanol–water partition coefficient (Wildman–Crippen LogP) is 3.30. The van der Waals surface area contributed by atoms with Gasteiger partial charge in [0.15, 0.2) is 10.8 Å². The molecule has 3 rings (SSSR count). The van der Waals surface area contributed by atoms with Crippen LogP contribution in [-0.4, -0.2) is 20.4 Å². The minimum absolute atomic E-state index is 0.364. The quantitative estimate of drug-likeness (QED) is 0.749. The van der Waals surface area contributed by atoms with Crippen LogP contribution in [0.5, 0.6) is 0 Å². The van der Waals surface area contributed by atoms with Gasteiger partial charge in [-0.05, 0) is 24.6 Å². The van der Waals surface area contributed by atoms with Gasteiger partial charge in [-0.3, -0.25) is 5.21 Å². The number of aryl methyl sites for hydroxylation is 1. The van der Waals surface area contributed by atoms with Gasteiger partial charge in [0, 0.05) is 6.20 Å². The second-order valence-electron chi connectivity index (χ2n) is 4.54. The zero-order valence-corrected chi connectivity index (χ0v) is 12.3. The van der Waals surface area contributed by atoms with E-state index in [4.69, 9.17) is 0 Å². The highest BCUT2D eigenvalue weighted by Crippen LogP contribution is 2.30. The van der Waals surface area contributed by atoms with Gasteiger partial charge < -0.3 is 0 Å². The molecule has 2 aromatic heterocycles. The molecule has 6 heteroatoms. The van der Waals surface area contributed by atoms with Crippen molar-refractivity contribution >= 4 is 17.2 Å². The fourth-order valence-corrected chi connectivity index (χ4v) is 2.72. The second-order valence-corrected chi connectivity index (χ2v) is 5.73. The van der Waals surface area contributed by atoms with Crippen molar-refractivity contribution in [2.45, 2.75) is 13.5 Å². The van der Waals surface area contributed by atoms with Crippen LogP contribution >= 0.6 is 11.3 Å². The number of aromatic nitrogens is 3. The minimum Gasteiger partial charge on any atom is -0.287 e. The second kappa shape index (κ2) is 5.99. The smallest absolute Gasteiger partial charge is 0.162 e. The Bertz CT molecular complexity index is 729. The average molecular weight is 298 g/mol. The number of rotatable bonds is 4. The van der Waals surface area contributed by atoms with Gasteiger partial charge in [0.05, 0.1) is 12.1 Å². The summed E-state index contributed by atoms with van der Waals surface area (Å²) in [7, 11) is 0. The van der Waals surface area contributed by atoms with E-state index in [0.29, 0.717) is 12.4 Å². The molecule has 0 saturated heterocycles. The number of hydrogen-bond donors (Lipinski definition) is 1. The van der Waals surface area contributed by atoms with Gasteiger partial charge in [0.1, 0.15) is 5.01 Å². The Morgan fingerprint density at radius 3 is 2.62 bits per heavy atom. The SMILES string of the molecule is Cc1nnc(-c2cccnc2N(O)Cc2ccccc2)s1. The summed E-state index contributed by atoms with van der Waals surface area (Å²) in [6.07, 6.45) is 1.65. The Morgan fingerprint density at radius 1 is 1.10 bits per heavy atom. The molecular formula is C15H14N4OS. The van der Waals surface area contributed by atoms with Gasteiger partial charge in [-0.2, -0.15) is 0 Å². The summed E-state index contributed by atoms with van der Waals surface area (Å²) >= 11 is 1.48. The highest BCUT2D eigenvalue weighted by Gasteiger charge is 2.15. The number of pyridine rings is 1. The standard InChI is InChI=1S/C15H14N4OS/c1-11-17-18-15(21-11)13-8-5-9-16-14(13)19(20)10-12-6-3-2-4-7-12/h2-9,20H,10H2,1H3. The maximum Gasteiger partial charge on any atom is 0.162 e. The van der Waals surface area contributed by atoms with Gasteiger partial charge in [0.2, 0.25) is 0 Å². The summed E-state index contributed by atoms with van der Waals surface area (Å²) in [6.45, 7) is 2.26. The topological polar surface area (TPSA) is 62.1 Å². The van der Waals surface area contributed by atoms with Crippen molar-refractivity contribution in [2.24, 2.45) is 0 Å². The van der Waals surface area contributed by atoms with E-state index in [1.165, 1.54) is 11.3 Å². The fourth-order valence-electron chi connectivity index (χ4n) is 2.01. The first-order valence-electron chi connectivity index (χ1n) is 6.50. The van der Waals surface area contributed by atoms with Crippen LogP contribution in [0.25, 0.3) is 10.6 Å². The summed E-state index contributed by atoms with van der Waals surface area (Å²) < 4.78 is 0. The van der Waals surface area contributed by atoms with Crippen LogP contribution in [0.15, 0.2) is 48.7 Å². The molecule has 21 heavy (non-hydrogen) atoms. The van der Waals surface area contributed by atoms with Crippen LogP contribution in [0.1, 0.15) is 10.6 Å². The van der Waals surface area contributed by atoms with Gasteiger partial charge in [-0.15, -0.1) is 10.2 Å². The number of nitrogens with zero attached hydrogens (tertiary/aromatic N) is 4. The van der Waals surface area contributed by atoms with Gasteiger partial charge in [-0.25, -0.2) is 10.0 Å². The molecule has 5 nitrogen and oxygen atoms in total. The van der Waals surface area contributed by atoms with E-state index >= 15 is 0 Å². The van der Waals surface area contributed by atoms with E-state index in [0.717, 1.165) is 26.2 Å². The number of hydroxylamine groups is 1. The zero-order valence-electron chi connectivity index (χ0n) is 11.5. The van der Waals surface area contributed by atoms with Crippen molar-refractivity contribution in [3.05, 3.63) is 59.2 Å². The van der Waals surface area contributed by atoms with Gasteiger partial charge in [-0.1, -0.05) is 41.7 Å². The molecule has 106 valence electrons. The molecule has 0 aliphatic carbocycles. The highest BCUT2D eigenvalue weighted by molar-refractivity contribution is 7.14. The lowest BCUT2D eigenvalue weighted by Crippen LogP contribution is -2.19. The van der Waals surface area contributed by atoms with E-state index < -0.39 is 0 Å². The van der Waals surface area contributed by atoms with Crippen molar-refractivity contribution in [1.29, 1.82) is 0 Å². The van der Waals surface area contributed by atoms with Crippen molar-refractivity contribution in [2.75, 3.05) is 5.06 Å². The van der Waals surface area contributed by atoms with Crippen LogP contribution in [0.2, 0.25) is 0 Å². The lowest BCUT2D eigenvalue weighted by atomic mass is 10.2. The van der Waals surface area contributed by atoms with E-state index in [-0.39, 0.29) is 0 Å². The molecule has 0 aliphatic heterocycles. The van der Waals surface area contributed by atoms with Crippen molar-refractivity contribution < 1.29 is 5.21 Å². The van der Waals surface area contributed by atoms with Crippen LogP contribution in [0.3, 0.4) is 0 Å². The molecule has 0 spiro atoms. The third-order valence-corrected chi connectivity index (χ3v) is 3.83. The largest absolute Gasteiger partial charge is 0.287 e. The Kier molecular flexibility index (Phi) is 3.89. The van der Waals surface area contributed by atoms with Crippen molar-refractivity contribution in [3.63, 3.8) is 0 Å². The lowest BCUT2D eigenvalue weighted by Gasteiger charge is -2.18. The Balaban J connectivity index is 1.91. The molecule has 0 fully saturated rings. The number of anilines is 1. The first-order chi connectivity index (χ1) is 10.2. The lowest BCUT2D eigenvalue weighted by molar-refractivity contribution is 0.247. The van der Waals surface area contributed by atoms with Crippen molar-refractivity contribution in [3.8, 4) is 10.6 Å². The van der Waals surface area contributed by atoms with Crippen molar-refractivity contribution in [1.82, 2.24) is 15.2 Å². The van der Waals surface area contributed by atoms with E-state index in [9.17, 15) is 5.21 Å². The summed E-state index contributed by atoms with van der Waals surface area (Å²) in [5.74, 6) is 0.484. The van der Waals surface area contributed by atoms with Crippen LogP contribution in [0.4, 0.5) is 5.82 Å². The van der Waals surface area contributed by atoms with Crippen LogP contribution < -0.4 is 5.06 Å². The molecular weight excluding hydrogens is 284 g/mol. The first-order valence-corrected chi connectivity index (χ1v) is 7.31. The van der Waals surface area contributed by atoms with Crippen LogP contribution in [-0.2, 0) is 6.54 Å². The summed E-state index contributed by atoms with van der Waals surface area (Å²) in [4.78, 5) is 4.28. The third kappa shape index (κ3) is 3.07. The number of hydrogen-bond acceptors (Lipinski definition) is 6.